The second-order valence-corrected chi connectivity index (χ2v) is 3.82. The molecule has 0 saturated carbocycles. The Kier molecular flexibility index (Phi) is 4.48. The minimum Gasteiger partial charge on any atom is -0.479 e. The van der Waals surface area contributed by atoms with Crippen molar-refractivity contribution in [1.82, 2.24) is 0 Å². The molecule has 0 aromatic heterocycles. The summed E-state index contributed by atoms with van der Waals surface area (Å²) in [4.78, 5) is 21.7. The molecule has 0 aliphatic heterocycles. The van der Waals surface area contributed by atoms with Gasteiger partial charge in [0.15, 0.2) is 11.9 Å². The molecule has 1 atom stereocenters. The Bertz CT molecular complexity index is 447. The summed E-state index contributed by atoms with van der Waals surface area (Å²) in [6, 6.07) is 4.28. The highest BCUT2D eigenvalue weighted by Gasteiger charge is 2.17. The van der Waals surface area contributed by atoms with Crippen molar-refractivity contribution in [2.45, 2.75) is 12.5 Å². The number of carbonyl (C=O) groups is 2. The normalized spacial score (nSPS) is 12.1. The van der Waals surface area contributed by atoms with Gasteiger partial charge in [0.2, 0.25) is 0 Å². The standard InChI is InChI=1S/C11H12ClNO4/c12-5-8(14)3-6-1-2-7(4-9(6)13)10(15)11(16)17/h1-2,4,10,15H,3,5,13H2,(H,16,17). The number of carboxylic acids is 1. The van der Waals surface area contributed by atoms with Crippen molar-refractivity contribution in [3.63, 3.8) is 0 Å². The fraction of sp³-hybridized carbons (Fsp3) is 0.273. The van der Waals surface area contributed by atoms with Crippen molar-refractivity contribution in [3.05, 3.63) is 29.3 Å². The van der Waals surface area contributed by atoms with Crippen molar-refractivity contribution in [1.29, 1.82) is 0 Å². The number of aliphatic carboxylic acids is 1. The van der Waals surface area contributed by atoms with Crippen LogP contribution in [0.15, 0.2) is 18.2 Å². The largest absolute Gasteiger partial charge is 0.479 e. The number of alkyl halides is 1. The third kappa shape index (κ3) is 3.44. The number of carbonyl (C=O) groups excluding carboxylic acids is 1. The van der Waals surface area contributed by atoms with Crippen LogP contribution in [-0.4, -0.2) is 27.8 Å². The van der Waals surface area contributed by atoms with E-state index in [-0.39, 0.29) is 29.3 Å². The number of aliphatic hydroxyl groups excluding tert-OH is 1. The van der Waals surface area contributed by atoms with Crippen molar-refractivity contribution >= 4 is 29.0 Å². The number of ketones is 1. The number of aliphatic hydroxyl groups is 1. The second-order valence-electron chi connectivity index (χ2n) is 3.55. The number of nitrogen functional groups attached to an aromatic ring is 1. The molecule has 0 saturated heterocycles. The molecule has 0 radical (unpaired) electrons. The first-order valence-corrected chi connectivity index (χ1v) is 5.36. The molecule has 0 spiro atoms. The SMILES string of the molecule is Nc1cc(C(O)C(=O)O)ccc1CC(=O)CCl. The van der Waals surface area contributed by atoms with Crippen molar-refractivity contribution in [2.24, 2.45) is 0 Å². The number of carboxylic acid groups (broad SMARTS) is 1. The van der Waals surface area contributed by atoms with E-state index in [1.165, 1.54) is 18.2 Å². The number of hydrogen-bond donors (Lipinski definition) is 3. The van der Waals surface area contributed by atoms with E-state index in [0.717, 1.165) is 0 Å². The van der Waals surface area contributed by atoms with Crippen LogP contribution in [0.5, 0.6) is 0 Å². The minimum absolute atomic E-state index is 0.0960. The molecule has 92 valence electrons. The molecular weight excluding hydrogens is 246 g/mol. The smallest absolute Gasteiger partial charge is 0.337 e. The number of anilines is 1. The lowest BCUT2D eigenvalue weighted by atomic mass is 10.0. The van der Waals surface area contributed by atoms with E-state index in [2.05, 4.69) is 0 Å². The van der Waals surface area contributed by atoms with E-state index in [1.54, 1.807) is 0 Å². The molecule has 5 nitrogen and oxygen atoms in total. The maximum Gasteiger partial charge on any atom is 0.337 e. The summed E-state index contributed by atoms with van der Waals surface area (Å²) in [5.74, 6) is -1.63. The zero-order valence-electron chi connectivity index (χ0n) is 8.89. The fourth-order valence-electron chi connectivity index (χ4n) is 1.35. The average Bonchev–Trinajstić information content (AvgIpc) is 2.30. The molecule has 0 aliphatic carbocycles. The minimum atomic E-state index is -1.62. The van der Waals surface area contributed by atoms with Crippen LogP contribution >= 0.6 is 11.6 Å². The van der Waals surface area contributed by atoms with E-state index < -0.39 is 12.1 Å². The zero-order chi connectivity index (χ0) is 13.0. The van der Waals surface area contributed by atoms with Crippen LogP contribution in [0.3, 0.4) is 0 Å². The molecular formula is C11H12ClNO4. The molecule has 0 amide bonds. The predicted molar refractivity (Wildman–Crippen MR) is 62.9 cm³/mol. The van der Waals surface area contributed by atoms with E-state index in [1.807, 2.05) is 0 Å². The van der Waals surface area contributed by atoms with Gasteiger partial charge in [-0.1, -0.05) is 12.1 Å². The number of hydrogen-bond acceptors (Lipinski definition) is 4. The van der Waals surface area contributed by atoms with E-state index in [4.69, 9.17) is 22.4 Å². The lowest BCUT2D eigenvalue weighted by Crippen LogP contribution is -2.12. The first-order valence-electron chi connectivity index (χ1n) is 4.82. The van der Waals surface area contributed by atoms with E-state index in [0.29, 0.717) is 5.56 Å². The molecule has 4 N–H and O–H groups in total. The van der Waals surface area contributed by atoms with Gasteiger partial charge >= 0.3 is 5.97 Å². The molecule has 0 bridgehead atoms. The number of Topliss-reactive ketones (excluding diaryl/α,β-unsaturated/α-hetero) is 1. The van der Waals surface area contributed by atoms with Crippen LogP contribution in [0, 0.1) is 0 Å². The molecule has 17 heavy (non-hydrogen) atoms. The number of rotatable bonds is 5. The van der Waals surface area contributed by atoms with E-state index >= 15 is 0 Å². The Hall–Kier alpha value is -1.59. The second kappa shape index (κ2) is 5.65. The number of halogens is 1. The number of nitrogens with two attached hydrogens (primary N) is 1. The maximum absolute atomic E-state index is 11.1. The molecule has 1 unspecified atom stereocenters. The summed E-state index contributed by atoms with van der Waals surface area (Å²) in [6.07, 6.45) is -1.52. The summed E-state index contributed by atoms with van der Waals surface area (Å²) >= 11 is 5.37. The van der Waals surface area contributed by atoms with Gasteiger partial charge in [0.1, 0.15) is 0 Å². The summed E-state index contributed by atoms with van der Waals surface area (Å²) in [6.45, 7) is 0. The van der Waals surface area contributed by atoms with Crippen LogP contribution in [-0.2, 0) is 16.0 Å². The summed E-state index contributed by atoms with van der Waals surface area (Å²) < 4.78 is 0. The van der Waals surface area contributed by atoms with Gasteiger partial charge in [-0.3, -0.25) is 4.79 Å². The lowest BCUT2D eigenvalue weighted by Gasteiger charge is -2.09. The average molecular weight is 258 g/mol. The third-order valence-corrected chi connectivity index (χ3v) is 2.55. The quantitative estimate of drug-likeness (QED) is 0.533. The van der Waals surface area contributed by atoms with Gasteiger partial charge in [-0.05, 0) is 17.2 Å². The summed E-state index contributed by atoms with van der Waals surface area (Å²) in [5.41, 5.74) is 6.67. The molecule has 6 heteroatoms. The van der Waals surface area contributed by atoms with Crippen LogP contribution in [0.25, 0.3) is 0 Å². The van der Waals surface area contributed by atoms with Crippen molar-refractivity contribution in [2.75, 3.05) is 11.6 Å². The maximum atomic E-state index is 11.1. The third-order valence-electron chi connectivity index (χ3n) is 2.26. The molecule has 0 heterocycles. The lowest BCUT2D eigenvalue weighted by molar-refractivity contribution is -0.146. The zero-order valence-corrected chi connectivity index (χ0v) is 9.65. The topological polar surface area (TPSA) is 101 Å². The molecule has 1 aromatic carbocycles. The highest BCUT2D eigenvalue weighted by molar-refractivity contribution is 6.27. The predicted octanol–water partition coefficient (Wildman–Crippen LogP) is 0.737. The van der Waals surface area contributed by atoms with Gasteiger partial charge in [0, 0.05) is 12.1 Å². The van der Waals surface area contributed by atoms with Gasteiger partial charge in [0.05, 0.1) is 5.88 Å². The Morgan fingerprint density at radius 1 is 1.41 bits per heavy atom. The van der Waals surface area contributed by atoms with Gasteiger partial charge < -0.3 is 15.9 Å². The molecule has 0 aliphatic rings. The van der Waals surface area contributed by atoms with Gasteiger partial charge in [-0.2, -0.15) is 0 Å². The summed E-state index contributed by atoms with van der Waals surface area (Å²) in [5, 5.41) is 17.9. The van der Waals surface area contributed by atoms with E-state index in [9.17, 15) is 14.7 Å². The Balaban J connectivity index is 2.93. The Labute approximate surface area is 103 Å². The van der Waals surface area contributed by atoms with Crippen LogP contribution in [0.4, 0.5) is 5.69 Å². The Morgan fingerprint density at radius 2 is 2.06 bits per heavy atom. The van der Waals surface area contributed by atoms with Crippen LogP contribution in [0.1, 0.15) is 17.2 Å². The monoisotopic (exact) mass is 257 g/mol. The van der Waals surface area contributed by atoms with Gasteiger partial charge in [-0.25, -0.2) is 4.79 Å². The van der Waals surface area contributed by atoms with Gasteiger partial charge in [-0.15, -0.1) is 11.6 Å². The summed E-state index contributed by atoms with van der Waals surface area (Å²) in [7, 11) is 0. The van der Waals surface area contributed by atoms with Crippen molar-refractivity contribution in [3.8, 4) is 0 Å². The Morgan fingerprint density at radius 3 is 2.53 bits per heavy atom. The van der Waals surface area contributed by atoms with Crippen LogP contribution in [0.2, 0.25) is 0 Å². The molecule has 1 aromatic rings. The fourth-order valence-corrected chi connectivity index (χ4v) is 1.44. The molecule has 0 fully saturated rings. The number of benzene rings is 1. The highest BCUT2D eigenvalue weighted by atomic mass is 35.5. The van der Waals surface area contributed by atoms with Crippen LogP contribution < -0.4 is 5.73 Å². The first-order chi connectivity index (χ1) is 7.95. The van der Waals surface area contributed by atoms with Gasteiger partial charge in [0.25, 0.3) is 0 Å². The first kappa shape index (κ1) is 13.5. The van der Waals surface area contributed by atoms with Crippen molar-refractivity contribution < 1.29 is 19.8 Å². The highest BCUT2D eigenvalue weighted by Crippen LogP contribution is 2.20. The molecule has 1 rings (SSSR count).